The van der Waals surface area contributed by atoms with Gasteiger partial charge >= 0.3 is 5.97 Å². The molecule has 0 bridgehead atoms. The zero-order valence-electron chi connectivity index (χ0n) is 27.0. The van der Waals surface area contributed by atoms with Crippen LogP contribution in [0, 0.1) is 17.2 Å². The summed E-state index contributed by atoms with van der Waals surface area (Å²) in [4.78, 5) is 46.9. The van der Waals surface area contributed by atoms with Crippen LogP contribution < -0.4 is 5.32 Å². The van der Waals surface area contributed by atoms with Crippen LogP contribution in [0.1, 0.15) is 55.5 Å². The lowest BCUT2D eigenvalue weighted by molar-refractivity contribution is -0.148. The summed E-state index contributed by atoms with van der Waals surface area (Å²) in [5.74, 6) is -1.21. The quantitative estimate of drug-likeness (QED) is 0.207. The number of nitrogens with one attached hydrogen (secondary N) is 1. The first-order valence-corrected chi connectivity index (χ1v) is 16.2. The number of carbonyl (C=O) groups is 3. The first kappa shape index (κ1) is 33.4. The van der Waals surface area contributed by atoms with Crippen molar-refractivity contribution in [1.82, 2.24) is 24.7 Å². The molecule has 244 valence electrons. The van der Waals surface area contributed by atoms with E-state index >= 15 is 0 Å². The van der Waals surface area contributed by atoms with Crippen molar-refractivity contribution in [2.45, 2.75) is 64.7 Å². The van der Waals surface area contributed by atoms with Gasteiger partial charge in [0.2, 0.25) is 11.8 Å². The second-order valence-electron chi connectivity index (χ2n) is 12.4. The number of nitriles is 1. The van der Waals surface area contributed by atoms with Crippen LogP contribution in [0.4, 0.5) is 0 Å². The normalized spacial score (nSPS) is 15.8. The van der Waals surface area contributed by atoms with Gasteiger partial charge in [-0.3, -0.25) is 14.5 Å². The van der Waals surface area contributed by atoms with Crippen molar-refractivity contribution in [2.24, 2.45) is 5.92 Å². The van der Waals surface area contributed by atoms with Gasteiger partial charge in [-0.15, -0.1) is 0 Å². The van der Waals surface area contributed by atoms with E-state index in [0.717, 1.165) is 34.0 Å². The molecule has 2 amide bonds. The van der Waals surface area contributed by atoms with Gasteiger partial charge in [0.05, 0.1) is 30.9 Å². The fourth-order valence-electron chi connectivity index (χ4n) is 6.33. The zero-order valence-corrected chi connectivity index (χ0v) is 27.0. The van der Waals surface area contributed by atoms with E-state index in [4.69, 9.17) is 5.26 Å². The number of likely N-dealkylation sites (tertiary alicyclic amines) is 1. The maximum atomic E-state index is 13.6. The standard InChI is InChI=1S/C37H42N6O4/c1-3-26(2)33(40-35(44)18-31-20-39-25-42(31)21-28-15-13-27(19-38)14-16-28)23-41(24-36(45)43-17-7-12-34(43)37(46)47)22-30-10-6-9-29-8-4-5-11-32(29)30/h4-6,8-11,13-16,20,25-26,33-34H,3,7,12,17-18,21-24H2,1-2H3,(H,40,44)(H,46,47)/t26?,33?,34-/m1/s1. The summed E-state index contributed by atoms with van der Waals surface area (Å²) in [6.07, 6.45) is 5.48. The van der Waals surface area contributed by atoms with Crippen LogP contribution in [-0.2, 0) is 33.9 Å². The van der Waals surface area contributed by atoms with Crippen molar-refractivity contribution in [3.8, 4) is 6.07 Å². The molecule has 1 fully saturated rings. The van der Waals surface area contributed by atoms with E-state index in [-0.39, 0.29) is 36.7 Å². The number of carboxylic acids is 1. The molecule has 0 saturated carbocycles. The molecule has 3 atom stereocenters. The number of imidazole rings is 1. The number of nitrogens with zero attached hydrogens (tertiary/aromatic N) is 5. The van der Waals surface area contributed by atoms with E-state index < -0.39 is 12.0 Å². The molecule has 0 radical (unpaired) electrons. The van der Waals surface area contributed by atoms with E-state index in [1.807, 2.05) is 39.8 Å². The van der Waals surface area contributed by atoms with Crippen molar-refractivity contribution >= 4 is 28.6 Å². The molecule has 10 heteroatoms. The maximum Gasteiger partial charge on any atom is 0.326 e. The largest absolute Gasteiger partial charge is 0.480 e. The number of carbonyl (C=O) groups excluding carboxylic acids is 2. The summed E-state index contributed by atoms with van der Waals surface area (Å²) in [5.41, 5.74) is 3.42. The number of aliphatic carboxylic acids is 1. The van der Waals surface area contributed by atoms with Crippen molar-refractivity contribution in [3.63, 3.8) is 0 Å². The van der Waals surface area contributed by atoms with E-state index in [1.54, 1.807) is 24.7 Å². The average molecular weight is 635 g/mol. The highest BCUT2D eigenvalue weighted by atomic mass is 16.4. The van der Waals surface area contributed by atoms with E-state index in [0.29, 0.717) is 44.6 Å². The van der Waals surface area contributed by atoms with Gasteiger partial charge in [-0.05, 0) is 52.8 Å². The molecule has 2 unspecified atom stereocenters. The molecule has 0 aliphatic carbocycles. The Balaban J connectivity index is 1.33. The number of aromatic nitrogens is 2. The molecule has 1 saturated heterocycles. The van der Waals surface area contributed by atoms with Gasteiger partial charge in [0.15, 0.2) is 0 Å². The van der Waals surface area contributed by atoms with Crippen LogP contribution in [0.5, 0.6) is 0 Å². The molecule has 5 rings (SSSR count). The summed E-state index contributed by atoms with van der Waals surface area (Å²) in [6.45, 7) is 6.08. The number of carboxylic acid groups (broad SMARTS) is 1. The lowest BCUT2D eigenvalue weighted by atomic mass is 9.97. The third kappa shape index (κ3) is 8.43. The van der Waals surface area contributed by atoms with E-state index in [1.165, 1.54) is 4.90 Å². The summed E-state index contributed by atoms with van der Waals surface area (Å²) in [6, 6.07) is 22.7. The Hall–Kier alpha value is -5.01. The topological polar surface area (TPSA) is 132 Å². The third-order valence-corrected chi connectivity index (χ3v) is 9.20. The molecule has 1 aliphatic heterocycles. The molecular formula is C37H42N6O4. The molecule has 1 aliphatic rings. The summed E-state index contributed by atoms with van der Waals surface area (Å²) in [7, 11) is 0. The highest BCUT2D eigenvalue weighted by Gasteiger charge is 2.35. The predicted molar refractivity (Wildman–Crippen MR) is 179 cm³/mol. The zero-order chi connectivity index (χ0) is 33.3. The third-order valence-electron chi connectivity index (χ3n) is 9.20. The van der Waals surface area contributed by atoms with Crippen molar-refractivity contribution in [3.05, 3.63) is 102 Å². The minimum Gasteiger partial charge on any atom is -0.480 e. The highest BCUT2D eigenvalue weighted by molar-refractivity contribution is 5.87. The minimum atomic E-state index is -0.973. The molecule has 4 aromatic rings. The summed E-state index contributed by atoms with van der Waals surface area (Å²) >= 11 is 0. The lowest BCUT2D eigenvalue weighted by Gasteiger charge is -2.33. The van der Waals surface area contributed by atoms with Crippen molar-refractivity contribution in [2.75, 3.05) is 19.6 Å². The number of rotatable bonds is 14. The Bertz CT molecular complexity index is 1740. The van der Waals surface area contributed by atoms with Crippen molar-refractivity contribution in [1.29, 1.82) is 5.26 Å². The van der Waals surface area contributed by atoms with E-state index in [9.17, 15) is 19.5 Å². The second-order valence-corrected chi connectivity index (χ2v) is 12.4. The lowest BCUT2D eigenvalue weighted by Crippen LogP contribution is -2.51. The summed E-state index contributed by atoms with van der Waals surface area (Å²) in [5, 5.41) is 24.3. The number of hydrogen-bond donors (Lipinski definition) is 2. The van der Waals surface area contributed by atoms with Crippen LogP contribution in [0.3, 0.4) is 0 Å². The molecule has 2 N–H and O–H groups in total. The first-order chi connectivity index (χ1) is 22.7. The minimum absolute atomic E-state index is 0.0488. The molecule has 0 spiro atoms. The second kappa shape index (κ2) is 15.5. The number of fused-ring (bicyclic) bond motifs is 1. The van der Waals surface area contributed by atoms with Crippen LogP contribution >= 0.6 is 0 Å². The van der Waals surface area contributed by atoms with Crippen LogP contribution in [0.2, 0.25) is 0 Å². The molecule has 1 aromatic heterocycles. The van der Waals surface area contributed by atoms with Crippen LogP contribution in [-0.4, -0.2) is 74.0 Å². The smallest absolute Gasteiger partial charge is 0.326 e. The van der Waals surface area contributed by atoms with Crippen molar-refractivity contribution < 1.29 is 19.5 Å². The van der Waals surface area contributed by atoms with Gasteiger partial charge in [-0.25, -0.2) is 9.78 Å². The molecule has 3 aromatic carbocycles. The van der Waals surface area contributed by atoms with Gasteiger partial charge < -0.3 is 19.9 Å². The average Bonchev–Trinajstić information content (AvgIpc) is 3.75. The number of hydrogen-bond acceptors (Lipinski definition) is 6. The maximum absolute atomic E-state index is 13.6. The monoisotopic (exact) mass is 634 g/mol. The van der Waals surface area contributed by atoms with Gasteiger partial charge in [-0.2, -0.15) is 5.26 Å². The fraction of sp³-hybridized carbons (Fsp3) is 0.378. The van der Waals surface area contributed by atoms with E-state index in [2.05, 4.69) is 54.5 Å². The molecule has 10 nitrogen and oxygen atoms in total. The summed E-state index contributed by atoms with van der Waals surface area (Å²) < 4.78 is 1.93. The SMILES string of the molecule is CCC(C)C(CN(CC(=O)N1CCC[C@@H]1C(=O)O)Cc1cccc2ccccc12)NC(=O)Cc1cncn1Cc1ccc(C#N)cc1. The Morgan fingerprint density at radius 3 is 2.62 bits per heavy atom. The predicted octanol–water partition coefficient (Wildman–Crippen LogP) is 4.61. The van der Waals surface area contributed by atoms with Gasteiger partial charge in [0, 0.05) is 44.1 Å². The van der Waals surface area contributed by atoms with Gasteiger partial charge in [0.25, 0.3) is 0 Å². The molecule has 47 heavy (non-hydrogen) atoms. The van der Waals surface area contributed by atoms with Crippen LogP contribution in [0.25, 0.3) is 10.8 Å². The van der Waals surface area contributed by atoms with Gasteiger partial charge in [-0.1, -0.05) is 74.9 Å². The Labute approximate surface area is 275 Å². The van der Waals surface area contributed by atoms with Crippen LogP contribution in [0.15, 0.2) is 79.3 Å². The number of benzene rings is 3. The first-order valence-electron chi connectivity index (χ1n) is 16.2. The molecular weight excluding hydrogens is 592 g/mol. The highest BCUT2D eigenvalue weighted by Crippen LogP contribution is 2.23. The van der Waals surface area contributed by atoms with Gasteiger partial charge in [0.1, 0.15) is 6.04 Å². The Morgan fingerprint density at radius 2 is 1.87 bits per heavy atom. The Morgan fingerprint density at radius 1 is 1.11 bits per heavy atom. The molecule has 2 heterocycles. The fourth-order valence-corrected chi connectivity index (χ4v) is 6.33. The number of amides is 2. The Kier molecular flexibility index (Phi) is 11.0.